The third-order valence-corrected chi connectivity index (χ3v) is 6.03. The van der Waals surface area contributed by atoms with Crippen LogP contribution in [0.1, 0.15) is 18.9 Å². The zero-order valence-electron chi connectivity index (χ0n) is 16.3. The van der Waals surface area contributed by atoms with E-state index < -0.39 is 10.0 Å². The second-order valence-corrected chi connectivity index (χ2v) is 8.48. The zero-order chi connectivity index (χ0) is 20.6. The molecule has 0 fully saturated rings. The Morgan fingerprint density at radius 2 is 1.75 bits per heavy atom. The molecule has 0 aliphatic heterocycles. The van der Waals surface area contributed by atoms with Gasteiger partial charge >= 0.3 is 6.03 Å². The molecule has 0 aromatic heterocycles. The number of hydrogen-bond acceptors (Lipinski definition) is 3. The van der Waals surface area contributed by atoms with Gasteiger partial charge in [0.15, 0.2) is 0 Å². The van der Waals surface area contributed by atoms with E-state index in [0.717, 1.165) is 12.0 Å². The van der Waals surface area contributed by atoms with Gasteiger partial charge in [-0.05, 0) is 36.2 Å². The number of hydrogen-bond donors (Lipinski definition) is 1. The van der Waals surface area contributed by atoms with Crippen molar-refractivity contribution in [3.8, 4) is 0 Å². The van der Waals surface area contributed by atoms with Gasteiger partial charge in [0.05, 0.1) is 4.90 Å². The SMILES string of the molecule is C=CCN(C)S(=O)(=O)c1ccc(NC(=O)N(CCC)Cc2ccccc2)cc1. The number of benzene rings is 2. The fourth-order valence-electron chi connectivity index (χ4n) is 2.70. The third kappa shape index (κ3) is 5.68. The van der Waals surface area contributed by atoms with Crippen LogP contribution in [0.3, 0.4) is 0 Å². The van der Waals surface area contributed by atoms with Crippen LogP contribution in [0, 0.1) is 0 Å². The summed E-state index contributed by atoms with van der Waals surface area (Å²) in [5.41, 5.74) is 1.60. The maximum Gasteiger partial charge on any atom is 0.322 e. The number of likely N-dealkylation sites (N-methyl/N-ethyl adjacent to an activating group) is 1. The first kappa shape index (κ1) is 21.7. The molecule has 6 nitrogen and oxygen atoms in total. The van der Waals surface area contributed by atoms with Crippen molar-refractivity contribution >= 4 is 21.7 Å². The van der Waals surface area contributed by atoms with Gasteiger partial charge in [0.1, 0.15) is 0 Å². The molecular weight excluding hydrogens is 374 g/mol. The van der Waals surface area contributed by atoms with Crippen molar-refractivity contribution in [2.45, 2.75) is 24.8 Å². The molecule has 150 valence electrons. The molecule has 28 heavy (non-hydrogen) atoms. The molecule has 0 saturated carbocycles. The number of anilines is 1. The zero-order valence-corrected chi connectivity index (χ0v) is 17.2. The van der Waals surface area contributed by atoms with Crippen LogP contribution in [0.4, 0.5) is 10.5 Å². The van der Waals surface area contributed by atoms with Gasteiger partial charge in [-0.1, -0.05) is 43.3 Å². The number of carbonyl (C=O) groups excluding carboxylic acids is 1. The first-order valence-electron chi connectivity index (χ1n) is 9.15. The molecule has 0 radical (unpaired) electrons. The largest absolute Gasteiger partial charge is 0.322 e. The quantitative estimate of drug-likeness (QED) is 0.647. The number of urea groups is 1. The van der Waals surface area contributed by atoms with Gasteiger partial charge in [0, 0.05) is 32.4 Å². The summed E-state index contributed by atoms with van der Waals surface area (Å²) in [6, 6.07) is 15.8. The summed E-state index contributed by atoms with van der Waals surface area (Å²) in [5, 5.41) is 2.84. The Bertz CT molecular complexity index is 881. The van der Waals surface area contributed by atoms with Crippen molar-refractivity contribution in [2.24, 2.45) is 0 Å². The normalized spacial score (nSPS) is 11.2. The van der Waals surface area contributed by atoms with E-state index in [1.54, 1.807) is 17.0 Å². The lowest BCUT2D eigenvalue weighted by molar-refractivity contribution is 0.209. The minimum Gasteiger partial charge on any atom is -0.320 e. The first-order valence-corrected chi connectivity index (χ1v) is 10.6. The van der Waals surface area contributed by atoms with Crippen LogP contribution in [0.5, 0.6) is 0 Å². The number of nitrogens with zero attached hydrogens (tertiary/aromatic N) is 2. The first-order chi connectivity index (χ1) is 13.4. The average molecular weight is 402 g/mol. The lowest BCUT2D eigenvalue weighted by Gasteiger charge is -2.23. The molecule has 0 atom stereocenters. The van der Waals surface area contributed by atoms with Crippen molar-refractivity contribution in [1.82, 2.24) is 9.21 Å². The molecule has 0 heterocycles. The Morgan fingerprint density at radius 1 is 1.11 bits per heavy atom. The van der Waals surface area contributed by atoms with Crippen molar-refractivity contribution < 1.29 is 13.2 Å². The van der Waals surface area contributed by atoms with Gasteiger partial charge in [-0.3, -0.25) is 0 Å². The maximum atomic E-state index is 12.7. The highest BCUT2D eigenvalue weighted by molar-refractivity contribution is 7.89. The molecule has 2 rings (SSSR count). The van der Waals surface area contributed by atoms with Crippen LogP contribution in [-0.2, 0) is 16.6 Å². The van der Waals surface area contributed by atoms with E-state index in [0.29, 0.717) is 18.8 Å². The monoisotopic (exact) mass is 401 g/mol. The van der Waals surface area contributed by atoms with Crippen LogP contribution >= 0.6 is 0 Å². The summed E-state index contributed by atoms with van der Waals surface area (Å²) in [5.74, 6) is 0. The minimum atomic E-state index is -3.57. The lowest BCUT2D eigenvalue weighted by atomic mass is 10.2. The van der Waals surface area contributed by atoms with E-state index in [2.05, 4.69) is 11.9 Å². The van der Waals surface area contributed by atoms with Crippen molar-refractivity contribution in [2.75, 3.05) is 25.5 Å². The van der Waals surface area contributed by atoms with E-state index >= 15 is 0 Å². The van der Waals surface area contributed by atoms with E-state index in [1.165, 1.54) is 29.6 Å². The lowest BCUT2D eigenvalue weighted by Crippen LogP contribution is -2.35. The number of sulfonamides is 1. The fourth-order valence-corrected chi connectivity index (χ4v) is 3.84. The van der Waals surface area contributed by atoms with Crippen LogP contribution < -0.4 is 5.32 Å². The molecule has 0 spiro atoms. The fraction of sp³-hybridized carbons (Fsp3) is 0.286. The summed E-state index contributed by atoms with van der Waals surface area (Å²) in [4.78, 5) is 14.6. The highest BCUT2D eigenvalue weighted by Crippen LogP contribution is 2.18. The molecule has 2 aromatic carbocycles. The molecule has 0 bridgehead atoms. The van der Waals surface area contributed by atoms with Crippen molar-refractivity contribution in [1.29, 1.82) is 0 Å². The summed E-state index contributed by atoms with van der Waals surface area (Å²) < 4.78 is 26.1. The Kier molecular flexibility index (Phi) is 7.78. The highest BCUT2D eigenvalue weighted by atomic mass is 32.2. The van der Waals surface area contributed by atoms with Gasteiger partial charge in [-0.15, -0.1) is 6.58 Å². The van der Waals surface area contributed by atoms with Crippen molar-refractivity contribution in [3.63, 3.8) is 0 Å². The smallest absolute Gasteiger partial charge is 0.320 e. The molecule has 0 unspecified atom stereocenters. The van der Waals surface area contributed by atoms with Crippen LogP contribution in [0.15, 0.2) is 72.1 Å². The predicted octanol–water partition coefficient (Wildman–Crippen LogP) is 3.94. The number of amides is 2. The minimum absolute atomic E-state index is 0.171. The van der Waals surface area contributed by atoms with Gasteiger partial charge < -0.3 is 10.2 Å². The predicted molar refractivity (Wildman–Crippen MR) is 113 cm³/mol. The molecule has 0 saturated heterocycles. The molecular formula is C21H27N3O3S. The summed E-state index contributed by atoms with van der Waals surface area (Å²) >= 11 is 0. The van der Waals surface area contributed by atoms with Gasteiger partial charge in [0.25, 0.3) is 0 Å². The molecule has 7 heteroatoms. The van der Waals surface area contributed by atoms with Gasteiger partial charge in [0.2, 0.25) is 10.0 Å². The Balaban J connectivity index is 2.09. The Morgan fingerprint density at radius 3 is 2.32 bits per heavy atom. The second kappa shape index (κ2) is 10.1. The topological polar surface area (TPSA) is 69.7 Å². The van der Waals surface area contributed by atoms with Crippen LogP contribution in [0.2, 0.25) is 0 Å². The van der Waals surface area contributed by atoms with Gasteiger partial charge in [-0.25, -0.2) is 13.2 Å². The maximum absolute atomic E-state index is 12.7. The standard InChI is InChI=1S/C21H27N3O3S/c1-4-15-23(3)28(26,27)20-13-11-19(12-14-20)22-21(25)24(16-5-2)17-18-9-7-6-8-10-18/h4,6-14H,1,5,15-17H2,2-3H3,(H,22,25). The molecule has 0 aliphatic rings. The Hall–Kier alpha value is -2.64. The molecule has 0 aliphatic carbocycles. The Labute approximate surface area is 167 Å². The number of nitrogens with one attached hydrogen (secondary N) is 1. The molecule has 2 aromatic rings. The van der Waals surface area contributed by atoms with E-state index in [9.17, 15) is 13.2 Å². The summed E-state index contributed by atoms with van der Waals surface area (Å²) in [6.07, 6.45) is 2.37. The highest BCUT2D eigenvalue weighted by Gasteiger charge is 2.20. The van der Waals surface area contributed by atoms with E-state index in [4.69, 9.17) is 0 Å². The number of carbonyl (C=O) groups is 1. The van der Waals surface area contributed by atoms with Crippen molar-refractivity contribution in [3.05, 3.63) is 72.8 Å². The van der Waals surface area contributed by atoms with E-state index in [-0.39, 0.29) is 17.5 Å². The summed E-state index contributed by atoms with van der Waals surface area (Å²) in [6.45, 7) is 6.94. The molecule has 2 amide bonds. The number of rotatable bonds is 9. The van der Waals surface area contributed by atoms with Crippen LogP contribution in [-0.4, -0.2) is 43.8 Å². The third-order valence-electron chi connectivity index (χ3n) is 4.20. The van der Waals surface area contributed by atoms with Crippen LogP contribution in [0.25, 0.3) is 0 Å². The molecule has 1 N–H and O–H groups in total. The average Bonchev–Trinajstić information content (AvgIpc) is 2.69. The van der Waals surface area contributed by atoms with Gasteiger partial charge in [-0.2, -0.15) is 4.31 Å². The summed E-state index contributed by atoms with van der Waals surface area (Å²) in [7, 11) is -2.07. The van der Waals surface area contributed by atoms with E-state index in [1.807, 2.05) is 37.3 Å². The second-order valence-electron chi connectivity index (χ2n) is 6.44.